The normalized spacial score (nSPS) is 12.1. The monoisotopic (exact) mass is 257 g/mol. The lowest BCUT2D eigenvalue weighted by atomic mass is 10.1. The van der Waals surface area contributed by atoms with Crippen LogP contribution >= 0.6 is 0 Å². The van der Waals surface area contributed by atoms with Gasteiger partial charge < -0.3 is 20.7 Å². The third-order valence-corrected chi connectivity index (χ3v) is 2.29. The molecule has 18 heavy (non-hydrogen) atoms. The molecule has 0 aliphatic rings. The van der Waals surface area contributed by atoms with Crippen LogP contribution in [0, 0.1) is 0 Å². The van der Waals surface area contributed by atoms with E-state index >= 15 is 0 Å². The van der Waals surface area contributed by atoms with Gasteiger partial charge in [0.2, 0.25) is 5.91 Å². The Kier molecular flexibility index (Phi) is 5.12. The Balaban J connectivity index is 2.31. The molecule has 0 unspecified atom stereocenters. The molecule has 0 saturated heterocycles. The van der Waals surface area contributed by atoms with Crippen LogP contribution in [0.4, 0.5) is 0 Å². The second kappa shape index (κ2) is 6.60. The van der Waals surface area contributed by atoms with Crippen molar-refractivity contribution in [2.75, 3.05) is 6.54 Å². The maximum absolute atomic E-state index is 11.5. The number of carbonyl (C=O) groups is 2. The highest BCUT2D eigenvalue weighted by Gasteiger charge is 2.16. The fourth-order valence-electron chi connectivity index (χ4n) is 1.33. The van der Waals surface area contributed by atoms with Crippen LogP contribution in [0.2, 0.25) is 0 Å². The fraction of sp³-hybridized carbons (Fsp3) is 0.500. The van der Waals surface area contributed by atoms with E-state index < -0.39 is 23.5 Å². The Morgan fingerprint density at radius 1 is 1.56 bits per heavy atom. The van der Waals surface area contributed by atoms with Crippen LogP contribution in [0.25, 0.3) is 0 Å². The van der Waals surface area contributed by atoms with Crippen molar-refractivity contribution in [1.29, 1.82) is 0 Å². The van der Waals surface area contributed by atoms with Crippen LogP contribution in [0.3, 0.4) is 0 Å². The lowest BCUT2D eigenvalue weighted by Gasteiger charge is -2.10. The number of amides is 1. The van der Waals surface area contributed by atoms with Crippen molar-refractivity contribution < 1.29 is 19.2 Å². The van der Waals surface area contributed by atoms with Crippen LogP contribution < -0.4 is 16.7 Å². The highest BCUT2D eigenvalue weighted by molar-refractivity contribution is 5.81. The van der Waals surface area contributed by atoms with Crippen LogP contribution in [-0.2, 0) is 16.0 Å². The number of rotatable bonds is 7. The summed E-state index contributed by atoms with van der Waals surface area (Å²) in [6.07, 6.45) is 1.73. The Hall–Kier alpha value is -2.09. The fourth-order valence-corrected chi connectivity index (χ4v) is 1.33. The molecule has 1 aromatic rings. The van der Waals surface area contributed by atoms with Crippen LogP contribution in [0.5, 0.6) is 0 Å². The Morgan fingerprint density at radius 3 is 2.83 bits per heavy atom. The number of nitrogens with two attached hydrogens (primary N) is 1. The molecule has 0 bridgehead atoms. The van der Waals surface area contributed by atoms with Gasteiger partial charge in [-0.3, -0.25) is 9.59 Å². The zero-order valence-electron chi connectivity index (χ0n) is 9.64. The quantitative estimate of drug-likeness (QED) is 0.453. The van der Waals surface area contributed by atoms with Gasteiger partial charge in [0, 0.05) is 25.6 Å². The molecule has 0 spiro atoms. The summed E-state index contributed by atoms with van der Waals surface area (Å²) in [6, 6.07) is -0.867. The molecule has 0 fully saturated rings. The molecular formula is C10H15N3O5. The molecule has 0 radical (unpaired) electrons. The first-order valence-electron chi connectivity index (χ1n) is 5.41. The molecule has 1 rings (SSSR count). The van der Waals surface area contributed by atoms with Gasteiger partial charge in [-0.1, -0.05) is 0 Å². The second-order valence-corrected chi connectivity index (χ2v) is 3.78. The SMILES string of the molecule is N[C@@H](Cc1c[nH]oc1=O)C(=O)NCCCC(=O)O. The number of hydrogen-bond donors (Lipinski definition) is 4. The van der Waals surface area contributed by atoms with Crippen molar-refractivity contribution in [3.05, 3.63) is 22.2 Å². The molecule has 0 aliphatic carbocycles. The minimum atomic E-state index is -0.918. The van der Waals surface area contributed by atoms with E-state index in [0.717, 1.165) is 0 Å². The minimum Gasteiger partial charge on any atom is -0.481 e. The van der Waals surface area contributed by atoms with E-state index in [4.69, 9.17) is 10.8 Å². The molecule has 1 aromatic heterocycles. The van der Waals surface area contributed by atoms with Crippen molar-refractivity contribution in [2.45, 2.75) is 25.3 Å². The van der Waals surface area contributed by atoms with Crippen molar-refractivity contribution >= 4 is 11.9 Å². The zero-order valence-corrected chi connectivity index (χ0v) is 9.64. The Morgan fingerprint density at radius 2 is 2.28 bits per heavy atom. The lowest BCUT2D eigenvalue weighted by molar-refractivity contribution is -0.137. The number of carbonyl (C=O) groups excluding carboxylic acids is 1. The molecule has 0 saturated carbocycles. The van der Waals surface area contributed by atoms with Gasteiger partial charge in [-0.2, -0.15) is 0 Å². The average molecular weight is 257 g/mol. The second-order valence-electron chi connectivity index (χ2n) is 3.78. The number of hydrogen-bond acceptors (Lipinski definition) is 5. The highest BCUT2D eigenvalue weighted by atomic mass is 16.5. The van der Waals surface area contributed by atoms with Gasteiger partial charge in [-0.05, 0) is 6.42 Å². The molecular weight excluding hydrogens is 242 g/mol. The van der Waals surface area contributed by atoms with E-state index in [-0.39, 0.29) is 19.4 Å². The number of nitrogens with one attached hydrogen (secondary N) is 2. The third-order valence-electron chi connectivity index (χ3n) is 2.29. The average Bonchev–Trinajstić information content (AvgIpc) is 2.70. The van der Waals surface area contributed by atoms with Crippen LogP contribution in [-0.4, -0.2) is 34.7 Å². The van der Waals surface area contributed by atoms with Crippen molar-refractivity contribution in [3.63, 3.8) is 0 Å². The molecule has 8 heteroatoms. The Bertz CT molecular complexity index is 464. The summed E-state index contributed by atoms with van der Waals surface area (Å²) in [5.41, 5.74) is 5.34. The number of aliphatic carboxylic acids is 1. The molecule has 0 aromatic carbocycles. The van der Waals surface area contributed by atoms with Gasteiger partial charge in [-0.25, -0.2) is 9.95 Å². The maximum atomic E-state index is 11.5. The lowest BCUT2D eigenvalue weighted by Crippen LogP contribution is -2.42. The van der Waals surface area contributed by atoms with Gasteiger partial charge in [0.25, 0.3) is 0 Å². The number of aromatic amines is 1. The molecule has 5 N–H and O–H groups in total. The van der Waals surface area contributed by atoms with Gasteiger partial charge in [-0.15, -0.1) is 0 Å². The molecule has 1 amide bonds. The van der Waals surface area contributed by atoms with E-state index in [1.165, 1.54) is 6.20 Å². The molecule has 1 heterocycles. The van der Waals surface area contributed by atoms with E-state index in [2.05, 4.69) is 15.0 Å². The summed E-state index contributed by atoms with van der Waals surface area (Å²) in [5.74, 6) is -1.35. The summed E-state index contributed by atoms with van der Waals surface area (Å²) >= 11 is 0. The first-order chi connectivity index (χ1) is 8.50. The van der Waals surface area contributed by atoms with Gasteiger partial charge in [0.1, 0.15) is 0 Å². The number of carboxylic acid groups (broad SMARTS) is 1. The largest absolute Gasteiger partial charge is 0.481 e. The minimum absolute atomic E-state index is 0.0169. The topological polar surface area (TPSA) is 138 Å². The zero-order chi connectivity index (χ0) is 13.5. The standard InChI is InChI=1S/C10H15N3O5/c11-7(4-6-5-13-18-10(6)17)9(16)12-3-1-2-8(14)15/h5,7,13H,1-4,11H2,(H,12,16)(H,14,15)/t7-/m0/s1. The van der Waals surface area contributed by atoms with Gasteiger partial charge >= 0.3 is 11.6 Å². The number of aromatic nitrogens is 1. The van der Waals surface area contributed by atoms with E-state index in [0.29, 0.717) is 12.0 Å². The van der Waals surface area contributed by atoms with E-state index in [9.17, 15) is 14.4 Å². The summed E-state index contributed by atoms with van der Waals surface area (Å²) in [6.45, 7) is 0.237. The van der Waals surface area contributed by atoms with E-state index in [1.807, 2.05) is 0 Å². The Labute approximate surface area is 102 Å². The molecule has 8 nitrogen and oxygen atoms in total. The predicted molar refractivity (Wildman–Crippen MR) is 60.9 cm³/mol. The summed E-state index contributed by atoms with van der Waals surface area (Å²) in [4.78, 5) is 32.8. The summed E-state index contributed by atoms with van der Waals surface area (Å²) < 4.78 is 4.44. The molecule has 100 valence electrons. The molecule has 0 aliphatic heterocycles. The summed E-state index contributed by atoms with van der Waals surface area (Å²) in [5, 5.41) is 13.2. The number of H-pyrrole nitrogens is 1. The van der Waals surface area contributed by atoms with Crippen molar-refractivity contribution in [1.82, 2.24) is 10.5 Å². The summed E-state index contributed by atoms with van der Waals surface area (Å²) in [7, 11) is 0. The van der Waals surface area contributed by atoms with Crippen LogP contribution in [0.1, 0.15) is 18.4 Å². The molecule has 1 atom stereocenters. The first-order valence-corrected chi connectivity index (χ1v) is 5.41. The number of carboxylic acids is 1. The highest BCUT2D eigenvalue weighted by Crippen LogP contribution is 1.95. The maximum Gasteiger partial charge on any atom is 0.360 e. The predicted octanol–water partition coefficient (Wildman–Crippen LogP) is -1.18. The first kappa shape index (κ1) is 14.0. The van der Waals surface area contributed by atoms with Crippen molar-refractivity contribution in [3.8, 4) is 0 Å². The van der Waals surface area contributed by atoms with Gasteiger partial charge in [0.05, 0.1) is 11.6 Å². The third kappa shape index (κ3) is 4.42. The smallest absolute Gasteiger partial charge is 0.360 e. The van der Waals surface area contributed by atoms with E-state index in [1.54, 1.807) is 0 Å². The van der Waals surface area contributed by atoms with Gasteiger partial charge in [0.15, 0.2) is 0 Å². The van der Waals surface area contributed by atoms with Crippen LogP contribution in [0.15, 0.2) is 15.5 Å². The van der Waals surface area contributed by atoms with Crippen molar-refractivity contribution in [2.24, 2.45) is 5.73 Å².